The van der Waals surface area contributed by atoms with Crippen LogP contribution >= 0.6 is 0 Å². The summed E-state index contributed by atoms with van der Waals surface area (Å²) in [4.78, 5) is 17.2. The number of aliphatic carboxylic acids is 1. The van der Waals surface area contributed by atoms with Gasteiger partial charge in [0.1, 0.15) is 5.82 Å². The molecule has 1 fully saturated rings. The second-order valence-corrected chi connectivity index (χ2v) is 5.13. The van der Waals surface area contributed by atoms with Crippen LogP contribution in [0.4, 0.5) is 5.82 Å². The SMILES string of the molecule is Cc1cc(/C=C/C(=O)O)cnc1N(C)C1CCCC1. The third kappa shape index (κ3) is 3.34. The molecule has 4 nitrogen and oxygen atoms in total. The molecular weight excluding hydrogens is 240 g/mol. The molecule has 1 aliphatic carbocycles. The monoisotopic (exact) mass is 260 g/mol. The molecule has 1 N–H and O–H groups in total. The summed E-state index contributed by atoms with van der Waals surface area (Å²) < 4.78 is 0. The molecule has 1 heterocycles. The van der Waals surface area contributed by atoms with Gasteiger partial charge in [0.05, 0.1) is 0 Å². The number of pyridine rings is 1. The van der Waals surface area contributed by atoms with E-state index in [1.54, 1.807) is 12.3 Å². The van der Waals surface area contributed by atoms with Crippen LogP contribution in [0.1, 0.15) is 36.8 Å². The van der Waals surface area contributed by atoms with Gasteiger partial charge in [0.2, 0.25) is 0 Å². The summed E-state index contributed by atoms with van der Waals surface area (Å²) in [5.41, 5.74) is 1.91. The van der Waals surface area contributed by atoms with Crippen molar-refractivity contribution >= 4 is 17.9 Å². The number of aromatic nitrogens is 1. The topological polar surface area (TPSA) is 53.4 Å². The maximum Gasteiger partial charge on any atom is 0.328 e. The fourth-order valence-corrected chi connectivity index (χ4v) is 2.68. The van der Waals surface area contributed by atoms with Gasteiger partial charge in [0.25, 0.3) is 0 Å². The first-order valence-corrected chi connectivity index (χ1v) is 6.68. The molecule has 19 heavy (non-hydrogen) atoms. The van der Waals surface area contributed by atoms with Gasteiger partial charge in [-0.25, -0.2) is 9.78 Å². The number of carboxylic acid groups (broad SMARTS) is 1. The molecule has 4 heteroatoms. The summed E-state index contributed by atoms with van der Waals surface area (Å²) in [5, 5.41) is 8.62. The number of anilines is 1. The van der Waals surface area contributed by atoms with Crippen molar-refractivity contribution in [3.8, 4) is 0 Å². The maximum atomic E-state index is 10.5. The van der Waals surface area contributed by atoms with Crippen LogP contribution in [-0.2, 0) is 4.79 Å². The normalized spacial score (nSPS) is 16.1. The zero-order valence-electron chi connectivity index (χ0n) is 11.5. The molecule has 1 saturated carbocycles. The molecule has 0 saturated heterocycles. The van der Waals surface area contributed by atoms with Gasteiger partial charge < -0.3 is 10.0 Å². The lowest BCUT2D eigenvalue weighted by atomic mass is 10.1. The van der Waals surface area contributed by atoms with Crippen LogP contribution in [0.2, 0.25) is 0 Å². The number of nitrogens with zero attached hydrogens (tertiary/aromatic N) is 2. The molecule has 102 valence electrons. The Labute approximate surface area is 113 Å². The van der Waals surface area contributed by atoms with E-state index in [0.717, 1.165) is 23.0 Å². The summed E-state index contributed by atoms with van der Waals surface area (Å²) in [7, 11) is 2.10. The summed E-state index contributed by atoms with van der Waals surface area (Å²) >= 11 is 0. The third-order valence-corrected chi connectivity index (χ3v) is 3.70. The lowest BCUT2D eigenvalue weighted by Gasteiger charge is -2.26. The van der Waals surface area contributed by atoms with Crippen molar-refractivity contribution in [2.75, 3.05) is 11.9 Å². The van der Waals surface area contributed by atoms with E-state index in [1.165, 1.54) is 25.7 Å². The smallest absolute Gasteiger partial charge is 0.328 e. The lowest BCUT2D eigenvalue weighted by Crippen LogP contribution is -2.30. The quantitative estimate of drug-likeness (QED) is 0.846. The van der Waals surface area contributed by atoms with Crippen LogP contribution in [0, 0.1) is 6.92 Å². The molecule has 0 radical (unpaired) electrons. The molecule has 1 aliphatic rings. The molecule has 0 spiro atoms. The standard InChI is InChI=1S/C15H20N2O2/c1-11-9-12(7-8-14(18)19)10-16-15(11)17(2)13-5-3-4-6-13/h7-10,13H,3-6H2,1-2H3,(H,18,19)/b8-7+. The molecule has 0 unspecified atom stereocenters. The van der Waals surface area contributed by atoms with Gasteiger partial charge in [-0.1, -0.05) is 12.8 Å². The highest BCUT2D eigenvalue weighted by Gasteiger charge is 2.21. The number of aryl methyl sites for hydroxylation is 1. The van der Waals surface area contributed by atoms with E-state index in [2.05, 4.69) is 16.9 Å². The number of carbonyl (C=O) groups is 1. The largest absolute Gasteiger partial charge is 0.478 e. The van der Waals surface area contributed by atoms with E-state index in [9.17, 15) is 4.79 Å². The summed E-state index contributed by atoms with van der Waals surface area (Å²) in [6, 6.07) is 2.57. The van der Waals surface area contributed by atoms with Crippen molar-refractivity contribution in [1.82, 2.24) is 4.98 Å². The van der Waals surface area contributed by atoms with E-state index in [0.29, 0.717) is 6.04 Å². The van der Waals surface area contributed by atoms with E-state index < -0.39 is 5.97 Å². The van der Waals surface area contributed by atoms with Crippen LogP contribution in [0.5, 0.6) is 0 Å². The molecule has 0 amide bonds. The zero-order chi connectivity index (χ0) is 13.8. The first-order valence-electron chi connectivity index (χ1n) is 6.68. The molecule has 0 bridgehead atoms. The van der Waals surface area contributed by atoms with Crippen molar-refractivity contribution in [3.63, 3.8) is 0 Å². The number of hydrogen-bond donors (Lipinski definition) is 1. The van der Waals surface area contributed by atoms with Gasteiger partial charge in [-0.05, 0) is 43.0 Å². The number of hydrogen-bond acceptors (Lipinski definition) is 3. The van der Waals surface area contributed by atoms with Gasteiger partial charge in [-0.15, -0.1) is 0 Å². The van der Waals surface area contributed by atoms with Gasteiger partial charge >= 0.3 is 5.97 Å². The van der Waals surface area contributed by atoms with Crippen molar-refractivity contribution < 1.29 is 9.90 Å². The minimum atomic E-state index is -0.940. The first kappa shape index (κ1) is 13.6. The van der Waals surface area contributed by atoms with Gasteiger partial charge in [0.15, 0.2) is 0 Å². The summed E-state index contributed by atoms with van der Waals surface area (Å²) in [6.07, 6.45) is 9.50. The zero-order valence-corrected chi connectivity index (χ0v) is 11.5. The van der Waals surface area contributed by atoms with Gasteiger partial charge in [-0.2, -0.15) is 0 Å². The fraction of sp³-hybridized carbons (Fsp3) is 0.467. The summed E-state index contributed by atoms with van der Waals surface area (Å²) in [5.74, 6) is 0.0594. The van der Waals surface area contributed by atoms with E-state index in [-0.39, 0.29) is 0 Å². The Morgan fingerprint density at radius 3 is 2.74 bits per heavy atom. The molecule has 0 aromatic carbocycles. The molecule has 2 rings (SSSR count). The second kappa shape index (κ2) is 5.87. The van der Waals surface area contributed by atoms with Crippen LogP contribution in [-0.4, -0.2) is 29.1 Å². The van der Waals surface area contributed by atoms with Crippen molar-refractivity contribution in [1.29, 1.82) is 0 Å². The maximum absolute atomic E-state index is 10.5. The Balaban J connectivity index is 2.16. The Kier molecular flexibility index (Phi) is 4.20. The van der Waals surface area contributed by atoms with Crippen LogP contribution < -0.4 is 4.90 Å². The minimum Gasteiger partial charge on any atom is -0.478 e. The minimum absolute atomic E-state index is 0.589. The van der Waals surface area contributed by atoms with Gasteiger partial charge in [0, 0.05) is 25.4 Å². The second-order valence-electron chi connectivity index (χ2n) is 5.13. The molecular formula is C15H20N2O2. The van der Waals surface area contributed by atoms with Crippen molar-refractivity contribution in [3.05, 3.63) is 29.5 Å². The number of rotatable bonds is 4. The van der Waals surface area contributed by atoms with E-state index in [4.69, 9.17) is 5.11 Å². The highest BCUT2D eigenvalue weighted by Crippen LogP contribution is 2.27. The Bertz CT molecular complexity index is 491. The molecule has 1 aromatic heterocycles. The Hall–Kier alpha value is -1.84. The lowest BCUT2D eigenvalue weighted by molar-refractivity contribution is -0.131. The predicted octanol–water partition coefficient (Wildman–Crippen LogP) is 2.87. The first-order chi connectivity index (χ1) is 9.08. The Morgan fingerprint density at radius 2 is 2.16 bits per heavy atom. The van der Waals surface area contributed by atoms with Crippen molar-refractivity contribution in [2.45, 2.75) is 38.6 Å². The molecule has 0 aliphatic heterocycles. The molecule has 1 aromatic rings. The predicted molar refractivity (Wildman–Crippen MR) is 76.3 cm³/mol. The van der Waals surface area contributed by atoms with E-state index in [1.807, 2.05) is 13.0 Å². The fourth-order valence-electron chi connectivity index (χ4n) is 2.68. The highest BCUT2D eigenvalue weighted by molar-refractivity contribution is 5.85. The van der Waals surface area contributed by atoms with E-state index >= 15 is 0 Å². The molecule has 0 atom stereocenters. The number of carboxylic acids is 1. The van der Waals surface area contributed by atoms with Crippen LogP contribution in [0.25, 0.3) is 6.08 Å². The van der Waals surface area contributed by atoms with Crippen LogP contribution in [0.15, 0.2) is 18.3 Å². The van der Waals surface area contributed by atoms with Crippen LogP contribution in [0.3, 0.4) is 0 Å². The van der Waals surface area contributed by atoms with Gasteiger partial charge in [-0.3, -0.25) is 0 Å². The average Bonchev–Trinajstić information content (AvgIpc) is 2.89. The Morgan fingerprint density at radius 1 is 1.47 bits per heavy atom. The highest BCUT2D eigenvalue weighted by atomic mass is 16.4. The summed E-state index contributed by atoms with van der Waals surface area (Å²) in [6.45, 7) is 2.02. The van der Waals surface area contributed by atoms with Crippen molar-refractivity contribution in [2.24, 2.45) is 0 Å². The third-order valence-electron chi connectivity index (χ3n) is 3.70. The average molecular weight is 260 g/mol.